The van der Waals surface area contributed by atoms with E-state index in [1.54, 1.807) is 16.8 Å². The number of hydrogen-bond donors (Lipinski definition) is 2. The Hall–Kier alpha value is -3.32. The predicted octanol–water partition coefficient (Wildman–Crippen LogP) is 3.33. The molecule has 2 aromatic heterocycles. The lowest BCUT2D eigenvalue weighted by Crippen LogP contribution is -2.45. The maximum atomic E-state index is 13.7. The number of halogens is 4. The summed E-state index contributed by atoms with van der Waals surface area (Å²) in [4.78, 5) is 4.35. The molecule has 1 saturated heterocycles. The number of aromatic nitrogens is 6. The zero-order chi connectivity index (χ0) is 25.6. The Balaban J connectivity index is 1.48. The van der Waals surface area contributed by atoms with Gasteiger partial charge in [0.25, 0.3) is 0 Å². The van der Waals surface area contributed by atoms with Crippen LogP contribution in [0.3, 0.4) is 0 Å². The third kappa shape index (κ3) is 4.37. The van der Waals surface area contributed by atoms with Crippen LogP contribution in [-0.4, -0.2) is 58.8 Å². The first-order chi connectivity index (χ1) is 17.3. The van der Waals surface area contributed by atoms with E-state index in [0.717, 1.165) is 17.7 Å². The second kappa shape index (κ2) is 9.62. The molecule has 9 nitrogen and oxygen atoms in total. The van der Waals surface area contributed by atoms with Gasteiger partial charge in [-0.1, -0.05) is 22.9 Å². The van der Waals surface area contributed by atoms with Gasteiger partial charge in [-0.05, 0) is 36.8 Å². The van der Waals surface area contributed by atoms with E-state index in [-0.39, 0.29) is 17.7 Å². The summed E-state index contributed by atoms with van der Waals surface area (Å²) in [5.74, 6) is -3.89. The topological polar surface area (TPSA) is 111 Å². The molecule has 4 aromatic rings. The standard InChI is InChI=1S/C23H20ClF3N6O3/c1-11-2-3-13(24)6-17(11)33-23(28-10-29-33)19-7-18(22(35)20(9-34)36-19)32-8-16(30-31-32)12-4-14(25)21(27)15(26)5-12/h2-6,8,10,18-20,22,34-35H,7,9H2,1H3/t18-,19-,20-,22-/m1/s1. The fourth-order valence-corrected chi connectivity index (χ4v) is 4.44. The highest BCUT2D eigenvalue weighted by molar-refractivity contribution is 6.30. The minimum atomic E-state index is -1.58. The average molecular weight is 521 g/mol. The van der Waals surface area contributed by atoms with Gasteiger partial charge in [0.2, 0.25) is 0 Å². The molecule has 1 fully saturated rings. The molecule has 0 unspecified atom stereocenters. The first-order valence-electron chi connectivity index (χ1n) is 10.9. The maximum absolute atomic E-state index is 13.7. The van der Waals surface area contributed by atoms with E-state index in [4.69, 9.17) is 16.3 Å². The van der Waals surface area contributed by atoms with E-state index in [9.17, 15) is 23.4 Å². The summed E-state index contributed by atoms with van der Waals surface area (Å²) < 4.78 is 49.6. The molecule has 36 heavy (non-hydrogen) atoms. The Morgan fingerprint density at radius 2 is 1.92 bits per heavy atom. The molecule has 0 aliphatic carbocycles. The van der Waals surface area contributed by atoms with Crippen LogP contribution >= 0.6 is 11.6 Å². The smallest absolute Gasteiger partial charge is 0.194 e. The summed E-state index contributed by atoms with van der Waals surface area (Å²) in [6, 6.07) is 6.20. The van der Waals surface area contributed by atoms with Crippen molar-refractivity contribution in [2.75, 3.05) is 6.61 Å². The second-order valence-corrected chi connectivity index (χ2v) is 8.87. The molecule has 4 atom stereocenters. The number of aliphatic hydroxyl groups excluding tert-OH is 2. The van der Waals surface area contributed by atoms with Crippen molar-refractivity contribution >= 4 is 11.6 Å². The van der Waals surface area contributed by atoms with E-state index in [2.05, 4.69) is 20.4 Å². The van der Waals surface area contributed by atoms with E-state index in [0.29, 0.717) is 16.5 Å². The summed E-state index contributed by atoms with van der Waals surface area (Å²) in [5, 5.41) is 33.5. The first-order valence-corrected chi connectivity index (χ1v) is 11.3. The Labute approximate surface area is 207 Å². The monoisotopic (exact) mass is 520 g/mol. The second-order valence-electron chi connectivity index (χ2n) is 8.44. The Morgan fingerprint density at radius 3 is 2.64 bits per heavy atom. The highest BCUT2D eigenvalue weighted by Crippen LogP contribution is 2.38. The largest absolute Gasteiger partial charge is 0.394 e. The molecule has 1 aliphatic heterocycles. The molecule has 1 aliphatic rings. The summed E-state index contributed by atoms with van der Waals surface area (Å²) >= 11 is 6.18. The van der Waals surface area contributed by atoms with Crippen molar-refractivity contribution in [1.29, 1.82) is 0 Å². The van der Waals surface area contributed by atoms with Crippen molar-refractivity contribution in [2.45, 2.75) is 37.7 Å². The van der Waals surface area contributed by atoms with E-state index in [1.165, 1.54) is 17.2 Å². The summed E-state index contributed by atoms with van der Waals surface area (Å²) in [6.45, 7) is 1.40. The fraction of sp³-hybridized carbons (Fsp3) is 0.304. The van der Waals surface area contributed by atoms with E-state index in [1.807, 2.05) is 13.0 Å². The van der Waals surface area contributed by atoms with Crippen LogP contribution in [0.25, 0.3) is 16.9 Å². The number of benzene rings is 2. The van der Waals surface area contributed by atoms with Crippen molar-refractivity contribution in [2.24, 2.45) is 0 Å². The van der Waals surface area contributed by atoms with Crippen molar-refractivity contribution < 1.29 is 28.1 Å². The molecular formula is C23H20ClF3N6O3. The lowest BCUT2D eigenvalue weighted by atomic mass is 9.95. The molecule has 0 bridgehead atoms. The number of rotatable bonds is 5. The minimum Gasteiger partial charge on any atom is -0.394 e. The van der Waals surface area contributed by atoms with E-state index < -0.39 is 48.4 Å². The number of nitrogens with zero attached hydrogens (tertiary/aromatic N) is 6. The van der Waals surface area contributed by atoms with Gasteiger partial charge < -0.3 is 14.9 Å². The highest BCUT2D eigenvalue weighted by Gasteiger charge is 2.41. The van der Waals surface area contributed by atoms with Crippen LogP contribution in [0.1, 0.15) is 30.0 Å². The maximum Gasteiger partial charge on any atom is 0.194 e. The zero-order valence-electron chi connectivity index (χ0n) is 18.8. The highest BCUT2D eigenvalue weighted by atomic mass is 35.5. The van der Waals surface area contributed by atoms with Gasteiger partial charge in [-0.2, -0.15) is 5.10 Å². The van der Waals surface area contributed by atoms with Crippen molar-refractivity contribution in [3.05, 3.63) is 76.7 Å². The molecule has 0 spiro atoms. The molecule has 13 heteroatoms. The molecule has 5 rings (SSSR count). The van der Waals surface area contributed by atoms with Crippen molar-refractivity contribution in [3.63, 3.8) is 0 Å². The fourth-order valence-electron chi connectivity index (χ4n) is 4.28. The average Bonchev–Trinajstić information content (AvgIpc) is 3.54. The lowest BCUT2D eigenvalue weighted by molar-refractivity contribution is -0.161. The SMILES string of the molecule is Cc1ccc(Cl)cc1-n1ncnc1[C@H]1C[C@@H](n2cc(-c3cc(F)c(F)c(F)c3)nn2)[C@@H](O)[C@@H](CO)O1. The van der Waals surface area contributed by atoms with Gasteiger partial charge in [0.1, 0.15) is 30.3 Å². The van der Waals surface area contributed by atoms with Crippen LogP contribution in [-0.2, 0) is 4.74 Å². The van der Waals surface area contributed by atoms with Crippen molar-refractivity contribution in [3.8, 4) is 16.9 Å². The van der Waals surface area contributed by atoms with Crippen LogP contribution in [0.5, 0.6) is 0 Å². The molecule has 188 valence electrons. The van der Waals surface area contributed by atoms with Gasteiger partial charge in [-0.3, -0.25) is 0 Å². The van der Waals surface area contributed by atoms with E-state index >= 15 is 0 Å². The Morgan fingerprint density at radius 1 is 1.17 bits per heavy atom. The third-order valence-electron chi connectivity index (χ3n) is 6.14. The summed E-state index contributed by atoms with van der Waals surface area (Å²) in [5.41, 5.74) is 1.62. The van der Waals surface area contributed by atoms with Crippen LogP contribution < -0.4 is 0 Å². The minimum absolute atomic E-state index is 0.0226. The lowest BCUT2D eigenvalue weighted by Gasteiger charge is -2.38. The summed E-state index contributed by atoms with van der Waals surface area (Å²) in [6.07, 6.45) is -0.00417. The molecule has 2 aromatic carbocycles. The quantitative estimate of drug-likeness (QED) is 0.388. The van der Waals surface area contributed by atoms with Crippen LogP contribution in [0.15, 0.2) is 42.9 Å². The van der Waals surface area contributed by atoms with Crippen LogP contribution in [0.4, 0.5) is 13.2 Å². The Bertz CT molecular complexity index is 1390. The first kappa shape index (κ1) is 24.4. The number of hydrogen-bond acceptors (Lipinski definition) is 7. The normalized spacial score (nSPS) is 22.2. The number of ether oxygens (including phenoxy) is 1. The third-order valence-corrected chi connectivity index (χ3v) is 6.38. The van der Waals surface area contributed by atoms with Gasteiger partial charge in [-0.25, -0.2) is 27.5 Å². The van der Waals surface area contributed by atoms with Gasteiger partial charge >= 0.3 is 0 Å². The molecule has 3 heterocycles. The van der Waals surface area contributed by atoms with Gasteiger partial charge in [0.05, 0.1) is 24.5 Å². The van der Waals surface area contributed by atoms with Gasteiger partial charge in [0, 0.05) is 17.0 Å². The molecule has 2 N–H and O–H groups in total. The molecular weight excluding hydrogens is 501 g/mol. The molecule has 0 radical (unpaired) electrons. The van der Waals surface area contributed by atoms with Gasteiger partial charge in [0.15, 0.2) is 23.3 Å². The molecule has 0 saturated carbocycles. The number of aliphatic hydroxyl groups is 2. The molecule has 0 amide bonds. The van der Waals surface area contributed by atoms with Crippen molar-refractivity contribution in [1.82, 2.24) is 29.8 Å². The van der Waals surface area contributed by atoms with Crippen LogP contribution in [0, 0.1) is 24.4 Å². The van der Waals surface area contributed by atoms with Crippen LogP contribution in [0.2, 0.25) is 5.02 Å². The summed E-state index contributed by atoms with van der Waals surface area (Å²) in [7, 11) is 0. The number of aryl methyl sites for hydroxylation is 1. The Kier molecular flexibility index (Phi) is 6.51. The van der Waals surface area contributed by atoms with Gasteiger partial charge in [-0.15, -0.1) is 5.10 Å². The zero-order valence-corrected chi connectivity index (χ0v) is 19.5. The predicted molar refractivity (Wildman–Crippen MR) is 121 cm³/mol.